The number of rotatable bonds is 6. The number of hydrogen-bond donors (Lipinski definition) is 1. The molecule has 0 aliphatic rings. The van der Waals surface area contributed by atoms with Gasteiger partial charge in [0.2, 0.25) is 0 Å². The molecule has 0 aliphatic carbocycles. The summed E-state index contributed by atoms with van der Waals surface area (Å²) in [6.45, 7) is 7.30. The molecule has 4 heteroatoms. The Balaban J connectivity index is 2.78. The smallest absolute Gasteiger partial charge is 0.124 e. The second-order valence-corrected chi connectivity index (χ2v) is 6.05. The molecule has 0 spiro atoms. The number of halogens is 1. The molecule has 1 aromatic carbocycles. The number of nitrogens with two attached hydrogens (primary N) is 1. The lowest BCUT2D eigenvalue weighted by Gasteiger charge is -2.26. The van der Waals surface area contributed by atoms with Gasteiger partial charge in [-0.05, 0) is 50.1 Å². The van der Waals surface area contributed by atoms with Gasteiger partial charge in [-0.1, -0.05) is 26.1 Å². The SMILES string of the molecule is CC(C)CC(C)N(C)Cc1cc(F)cc(C(N)=S)c1. The summed E-state index contributed by atoms with van der Waals surface area (Å²) in [6.07, 6.45) is 1.12. The Kier molecular flexibility index (Phi) is 5.88. The van der Waals surface area contributed by atoms with Gasteiger partial charge in [0.15, 0.2) is 0 Å². The van der Waals surface area contributed by atoms with Crippen molar-refractivity contribution >= 4 is 17.2 Å². The third-order valence-corrected chi connectivity index (χ3v) is 3.47. The number of nitrogens with zero attached hydrogens (tertiary/aromatic N) is 1. The lowest BCUT2D eigenvalue weighted by molar-refractivity contribution is 0.220. The van der Waals surface area contributed by atoms with Crippen molar-refractivity contribution in [2.24, 2.45) is 11.7 Å². The molecule has 0 fully saturated rings. The zero-order valence-corrected chi connectivity index (χ0v) is 12.9. The highest BCUT2D eigenvalue weighted by molar-refractivity contribution is 7.80. The van der Waals surface area contributed by atoms with Gasteiger partial charge in [-0.15, -0.1) is 0 Å². The fourth-order valence-corrected chi connectivity index (χ4v) is 2.31. The molecule has 2 nitrogen and oxygen atoms in total. The van der Waals surface area contributed by atoms with Gasteiger partial charge in [0.05, 0.1) is 0 Å². The first-order chi connectivity index (χ1) is 8.79. The molecule has 2 N–H and O–H groups in total. The lowest BCUT2D eigenvalue weighted by atomic mass is 10.0. The van der Waals surface area contributed by atoms with Gasteiger partial charge in [-0.2, -0.15) is 0 Å². The quantitative estimate of drug-likeness (QED) is 0.812. The van der Waals surface area contributed by atoms with Crippen molar-refractivity contribution in [3.63, 3.8) is 0 Å². The van der Waals surface area contributed by atoms with Crippen LogP contribution >= 0.6 is 12.2 Å². The van der Waals surface area contributed by atoms with E-state index in [0.29, 0.717) is 24.1 Å². The van der Waals surface area contributed by atoms with E-state index in [-0.39, 0.29) is 10.8 Å². The highest BCUT2D eigenvalue weighted by Gasteiger charge is 2.12. The van der Waals surface area contributed by atoms with Crippen molar-refractivity contribution in [1.82, 2.24) is 4.90 Å². The van der Waals surface area contributed by atoms with Gasteiger partial charge in [-0.25, -0.2) is 4.39 Å². The normalized spacial score (nSPS) is 13.0. The predicted molar refractivity (Wildman–Crippen MR) is 82.7 cm³/mol. The van der Waals surface area contributed by atoms with Crippen LogP contribution in [0.25, 0.3) is 0 Å². The van der Waals surface area contributed by atoms with Crippen LogP contribution in [0.1, 0.15) is 38.3 Å². The van der Waals surface area contributed by atoms with Crippen LogP contribution in [0.4, 0.5) is 4.39 Å². The highest BCUT2D eigenvalue weighted by Crippen LogP contribution is 2.15. The van der Waals surface area contributed by atoms with E-state index in [1.807, 2.05) is 6.07 Å². The molecule has 1 aromatic rings. The molecule has 106 valence electrons. The zero-order chi connectivity index (χ0) is 14.6. The summed E-state index contributed by atoms with van der Waals surface area (Å²) in [5.41, 5.74) is 7.06. The summed E-state index contributed by atoms with van der Waals surface area (Å²) in [6, 6.07) is 5.24. The van der Waals surface area contributed by atoms with Crippen LogP contribution < -0.4 is 5.73 Å². The van der Waals surface area contributed by atoms with Gasteiger partial charge < -0.3 is 5.73 Å². The van der Waals surface area contributed by atoms with E-state index < -0.39 is 0 Å². The molecule has 0 saturated heterocycles. The van der Waals surface area contributed by atoms with Crippen LogP contribution in [0.2, 0.25) is 0 Å². The summed E-state index contributed by atoms with van der Waals surface area (Å²) >= 11 is 4.90. The summed E-state index contributed by atoms with van der Waals surface area (Å²) in [7, 11) is 2.05. The van der Waals surface area contributed by atoms with Gasteiger partial charge >= 0.3 is 0 Å². The molecular formula is C15H23FN2S. The Labute approximate surface area is 120 Å². The molecule has 1 atom stereocenters. The topological polar surface area (TPSA) is 29.3 Å². The number of benzene rings is 1. The molecular weight excluding hydrogens is 259 g/mol. The molecule has 0 radical (unpaired) electrons. The Morgan fingerprint density at radius 3 is 2.47 bits per heavy atom. The fourth-order valence-electron chi connectivity index (χ4n) is 2.19. The van der Waals surface area contributed by atoms with Crippen molar-refractivity contribution in [3.05, 3.63) is 35.1 Å². The number of hydrogen-bond acceptors (Lipinski definition) is 2. The second-order valence-electron chi connectivity index (χ2n) is 5.61. The van der Waals surface area contributed by atoms with Crippen LogP contribution in [0.5, 0.6) is 0 Å². The van der Waals surface area contributed by atoms with E-state index in [1.54, 1.807) is 6.07 Å². The summed E-state index contributed by atoms with van der Waals surface area (Å²) in [4.78, 5) is 2.46. The second kappa shape index (κ2) is 6.96. The van der Waals surface area contributed by atoms with Crippen LogP contribution in [-0.2, 0) is 6.54 Å². The van der Waals surface area contributed by atoms with E-state index in [4.69, 9.17) is 18.0 Å². The van der Waals surface area contributed by atoms with E-state index >= 15 is 0 Å². The van der Waals surface area contributed by atoms with E-state index in [9.17, 15) is 4.39 Å². The third kappa shape index (κ3) is 5.25. The minimum absolute atomic E-state index is 0.235. The highest BCUT2D eigenvalue weighted by atomic mass is 32.1. The van der Waals surface area contributed by atoms with Crippen LogP contribution in [-0.4, -0.2) is 23.0 Å². The molecule has 0 aliphatic heterocycles. The van der Waals surface area contributed by atoms with Crippen molar-refractivity contribution in [1.29, 1.82) is 0 Å². The average Bonchev–Trinajstić information content (AvgIpc) is 2.26. The van der Waals surface area contributed by atoms with Crippen molar-refractivity contribution in [3.8, 4) is 0 Å². The first-order valence-electron chi connectivity index (χ1n) is 6.59. The maximum absolute atomic E-state index is 13.5. The Hall–Kier alpha value is -1.00. The Morgan fingerprint density at radius 2 is 1.95 bits per heavy atom. The van der Waals surface area contributed by atoms with Crippen LogP contribution in [0.3, 0.4) is 0 Å². The summed E-state index contributed by atoms with van der Waals surface area (Å²) < 4.78 is 13.5. The third-order valence-electron chi connectivity index (χ3n) is 3.24. The van der Waals surface area contributed by atoms with Gasteiger partial charge in [0.1, 0.15) is 10.8 Å². The van der Waals surface area contributed by atoms with Gasteiger partial charge in [0.25, 0.3) is 0 Å². The summed E-state index contributed by atoms with van der Waals surface area (Å²) in [5, 5.41) is 0. The van der Waals surface area contributed by atoms with Gasteiger partial charge in [-0.3, -0.25) is 4.90 Å². The first-order valence-corrected chi connectivity index (χ1v) is 7.00. The molecule has 1 rings (SSSR count). The van der Waals surface area contributed by atoms with Crippen molar-refractivity contribution < 1.29 is 4.39 Å². The predicted octanol–water partition coefficient (Wildman–Crippen LogP) is 3.33. The van der Waals surface area contributed by atoms with E-state index in [2.05, 4.69) is 32.7 Å². The first kappa shape index (κ1) is 16.1. The maximum atomic E-state index is 13.5. The molecule has 1 unspecified atom stereocenters. The Morgan fingerprint density at radius 1 is 1.32 bits per heavy atom. The monoisotopic (exact) mass is 282 g/mol. The molecule has 0 saturated carbocycles. The standard InChI is InChI=1S/C15H23FN2S/c1-10(2)5-11(3)18(4)9-12-6-13(15(17)19)8-14(16)7-12/h6-8,10-11H,5,9H2,1-4H3,(H2,17,19). The van der Waals surface area contributed by atoms with E-state index in [0.717, 1.165) is 12.0 Å². The summed E-state index contributed by atoms with van der Waals surface area (Å²) in [5.74, 6) is 0.363. The molecule has 0 bridgehead atoms. The molecule has 19 heavy (non-hydrogen) atoms. The van der Waals surface area contributed by atoms with Crippen LogP contribution in [0.15, 0.2) is 18.2 Å². The molecule has 0 aromatic heterocycles. The van der Waals surface area contributed by atoms with Crippen molar-refractivity contribution in [2.45, 2.75) is 39.8 Å². The van der Waals surface area contributed by atoms with Crippen molar-refractivity contribution in [2.75, 3.05) is 7.05 Å². The zero-order valence-electron chi connectivity index (χ0n) is 12.1. The fraction of sp³-hybridized carbons (Fsp3) is 0.533. The van der Waals surface area contributed by atoms with E-state index in [1.165, 1.54) is 6.07 Å². The van der Waals surface area contributed by atoms with Gasteiger partial charge in [0, 0.05) is 18.2 Å². The largest absolute Gasteiger partial charge is 0.389 e. The molecule has 0 amide bonds. The maximum Gasteiger partial charge on any atom is 0.124 e. The minimum Gasteiger partial charge on any atom is -0.389 e. The minimum atomic E-state index is -0.287. The molecule has 0 heterocycles. The average molecular weight is 282 g/mol. The number of thiocarbonyl (C=S) groups is 1. The lowest BCUT2D eigenvalue weighted by Crippen LogP contribution is -2.29. The Bertz CT molecular complexity index is 446. The van der Waals surface area contributed by atoms with Crippen LogP contribution in [0, 0.1) is 11.7 Å².